The highest BCUT2D eigenvalue weighted by atomic mass is 32.2. The smallest absolute Gasteiger partial charge is 0.214 e. The van der Waals surface area contributed by atoms with E-state index >= 15 is 0 Å². The van der Waals surface area contributed by atoms with Crippen molar-refractivity contribution in [3.63, 3.8) is 0 Å². The molecule has 1 aromatic rings. The van der Waals surface area contributed by atoms with E-state index in [1.807, 2.05) is 25.1 Å². The molecule has 0 saturated carbocycles. The van der Waals surface area contributed by atoms with Gasteiger partial charge < -0.3 is 9.47 Å². The van der Waals surface area contributed by atoms with E-state index in [0.29, 0.717) is 32.7 Å². The Morgan fingerprint density at radius 3 is 2.64 bits per heavy atom. The Bertz CT molecular complexity index is 639. The Hall–Kier alpha value is -0.950. The number of piperidine rings is 1. The first kappa shape index (κ1) is 18.8. The van der Waals surface area contributed by atoms with Gasteiger partial charge in [-0.25, -0.2) is 12.7 Å². The highest BCUT2D eigenvalue weighted by Crippen LogP contribution is 2.37. The Morgan fingerprint density at radius 1 is 1.24 bits per heavy atom. The van der Waals surface area contributed by atoms with Gasteiger partial charge in [-0.05, 0) is 31.2 Å². The highest BCUT2D eigenvalue weighted by Gasteiger charge is 2.42. The number of rotatable bonds is 6. The Kier molecular flexibility index (Phi) is 6.15. The average Bonchev–Trinajstić information content (AvgIpc) is 2.61. The van der Waals surface area contributed by atoms with E-state index in [4.69, 9.17) is 9.47 Å². The topological polar surface area (TPSA) is 55.8 Å². The first-order chi connectivity index (χ1) is 12.0. The predicted octanol–water partition coefficient (Wildman–Crippen LogP) is 2.96. The van der Waals surface area contributed by atoms with Crippen molar-refractivity contribution in [3.05, 3.63) is 35.9 Å². The van der Waals surface area contributed by atoms with Crippen molar-refractivity contribution < 1.29 is 17.9 Å². The Balaban J connectivity index is 1.53. The third-order valence-electron chi connectivity index (χ3n) is 5.27. The fourth-order valence-corrected chi connectivity index (χ4v) is 5.33. The molecule has 0 N–H and O–H groups in total. The molecule has 1 unspecified atom stereocenters. The van der Waals surface area contributed by atoms with Crippen LogP contribution >= 0.6 is 0 Å². The lowest BCUT2D eigenvalue weighted by molar-refractivity contribution is -0.153. The molecule has 25 heavy (non-hydrogen) atoms. The van der Waals surface area contributed by atoms with Crippen LogP contribution in [0.15, 0.2) is 30.3 Å². The van der Waals surface area contributed by atoms with Gasteiger partial charge in [-0.1, -0.05) is 37.3 Å². The van der Waals surface area contributed by atoms with Gasteiger partial charge in [0.1, 0.15) is 0 Å². The van der Waals surface area contributed by atoms with Crippen LogP contribution in [0, 0.1) is 0 Å². The largest absolute Gasteiger partial charge is 0.375 e. The minimum absolute atomic E-state index is 0.188. The molecule has 3 rings (SSSR count). The van der Waals surface area contributed by atoms with E-state index in [1.165, 1.54) is 5.56 Å². The molecule has 2 heterocycles. The first-order valence-corrected chi connectivity index (χ1v) is 10.9. The van der Waals surface area contributed by atoms with Crippen molar-refractivity contribution in [1.29, 1.82) is 0 Å². The lowest BCUT2D eigenvalue weighted by Gasteiger charge is -2.45. The normalized spacial score (nSPS) is 24.4. The quantitative estimate of drug-likeness (QED) is 0.776. The first-order valence-electron chi connectivity index (χ1n) is 9.30. The third kappa shape index (κ3) is 4.82. The van der Waals surface area contributed by atoms with Crippen molar-refractivity contribution in [1.82, 2.24) is 4.31 Å². The van der Waals surface area contributed by atoms with Gasteiger partial charge in [0.05, 0.1) is 24.1 Å². The molecule has 0 radical (unpaired) electrons. The molecule has 5 nitrogen and oxygen atoms in total. The van der Waals surface area contributed by atoms with Gasteiger partial charge in [0.15, 0.2) is 0 Å². The monoisotopic (exact) mass is 367 g/mol. The van der Waals surface area contributed by atoms with Gasteiger partial charge in [0, 0.05) is 26.1 Å². The fourth-order valence-electron chi connectivity index (χ4n) is 3.82. The third-order valence-corrected chi connectivity index (χ3v) is 7.34. The van der Waals surface area contributed by atoms with Crippen LogP contribution in [0.5, 0.6) is 0 Å². The average molecular weight is 368 g/mol. The molecule has 1 aromatic carbocycles. The maximum absolute atomic E-state index is 12.2. The lowest BCUT2D eigenvalue weighted by atomic mass is 9.84. The summed E-state index contributed by atoms with van der Waals surface area (Å²) in [5, 5.41) is 0. The summed E-state index contributed by atoms with van der Waals surface area (Å²) in [5.74, 6) is 0.240. The summed E-state index contributed by atoms with van der Waals surface area (Å²) >= 11 is 0. The molecule has 2 aliphatic rings. The summed E-state index contributed by atoms with van der Waals surface area (Å²) in [5.41, 5.74) is 0.973. The van der Waals surface area contributed by atoms with E-state index in [1.54, 1.807) is 4.31 Å². The summed E-state index contributed by atoms with van der Waals surface area (Å²) in [6.45, 7) is 4.35. The summed E-state index contributed by atoms with van der Waals surface area (Å²) in [7, 11) is -3.10. The number of sulfonamides is 1. The van der Waals surface area contributed by atoms with Crippen molar-refractivity contribution >= 4 is 10.0 Å². The molecule has 1 spiro atoms. The van der Waals surface area contributed by atoms with Crippen LogP contribution < -0.4 is 0 Å². The van der Waals surface area contributed by atoms with Crippen LogP contribution in [0.4, 0.5) is 0 Å². The van der Waals surface area contributed by atoms with E-state index in [9.17, 15) is 8.42 Å². The van der Waals surface area contributed by atoms with Crippen LogP contribution in [0.3, 0.4) is 0 Å². The molecule has 2 aliphatic heterocycles. The molecule has 2 fully saturated rings. The van der Waals surface area contributed by atoms with Crippen molar-refractivity contribution in [3.8, 4) is 0 Å². The summed E-state index contributed by atoms with van der Waals surface area (Å²) in [6.07, 6.45) is 4.15. The second-order valence-electron chi connectivity index (χ2n) is 7.16. The maximum Gasteiger partial charge on any atom is 0.214 e. The van der Waals surface area contributed by atoms with E-state index in [-0.39, 0.29) is 17.5 Å². The number of benzene rings is 1. The van der Waals surface area contributed by atoms with Crippen molar-refractivity contribution in [2.24, 2.45) is 0 Å². The fraction of sp³-hybridized carbons (Fsp3) is 0.684. The van der Waals surface area contributed by atoms with Crippen molar-refractivity contribution in [2.45, 2.75) is 57.3 Å². The van der Waals surface area contributed by atoms with Gasteiger partial charge in [0.2, 0.25) is 10.0 Å². The van der Waals surface area contributed by atoms with Crippen LogP contribution in [0.1, 0.15) is 44.6 Å². The second kappa shape index (κ2) is 8.16. The summed E-state index contributed by atoms with van der Waals surface area (Å²) < 4.78 is 38.3. The molecule has 140 valence electrons. The predicted molar refractivity (Wildman–Crippen MR) is 97.8 cm³/mol. The standard InChI is InChI=1S/C19H29NO4S/c1-2-14-25(21,22)20-11-9-19(10-12-20)15-18(8-13-24-19)23-16-17-6-4-3-5-7-17/h3-7,18H,2,8-16H2,1H3. The summed E-state index contributed by atoms with van der Waals surface area (Å²) in [6, 6.07) is 10.2. The molecular formula is C19H29NO4S. The van der Waals surface area contributed by atoms with Crippen LogP contribution in [-0.2, 0) is 26.1 Å². The SMILES string of the molecule is CCCS(=O)(=O)N1CCC2(CC1)CC(OCc1ccccc1)CCO2. The number of nitrogens with zero attached hydrogens (tertiary/aromatic N) is 1. The van der Waals surface area contributed by atoms with Gasteiger partial charge in [-0.2, -0.15) is 0 Å². The molecule has 1 atom stereocenters. The minimum Gasteiger partial charge on any atom is -0.375 e. The minimum atomic E-state index is -3.10. The lowest BCUT2D eigenvalue weighted by Crippen LogP contribution is -2.52. The van der Waals surface area contributed by atoms with Crippen molar-refractivity contribution in [2.75, 3.05) is 25.4 Å². The molecule has 6 heteroatoms. The van der Waals surface area contributed by atoms with E-state index in [2.05, 4.69) is 12.1 Å². The van der Waals surface area contributed by atoms with E-state index < -0.39 is 10.0 Å². The zero-order valence-electron chi connectivity index (χ0n) is 15.0. The Morgan fingerprint density at radius 2 is 1.96 bits per heavy atom. The maximum atomic E-state index is 12.2. The van der Waals surface area contributed by atoms with Gasteiger partial charge >= 0.3 is 0 Å². The zero-order chi connectivity index (χ0) is 17.8. The number of hydrogen-bond donors (Lipinski definition) is 0. The van der Waals surface area contributed by atoms with Crippen LogP contribution in [0.2, 0.25) is 0 Å². The molecule has 0 aromatic heterocycles. The van der Waals surface area contributed by atoms with Gasteiger partial charge in [0.25, 0.3) is 0 Å². The zero-order valence-corrected chi connectivity index (χ0v) is 15.8. The second-order valence-corrected chi connectivity index (χ2v) is 9.25. The molecule has 0 aliphatic carbocycles. The summed E-state index contributed by atoms with van der Waals surface area (Å²) in [4.78, 5) is 0. The number of ether oxygens (including phenoxy) is 2. The molecule has 0 amide bonds. The van der Waals surface area contributed by atoms with Crippen LogP contribution in [0.25, 0.3) is 0 Å². The molecule has 2 saturated heterocycles. The molecule has 0 bridgehead atoms. The highest BCUT2D eigenvalue weighted by molar-refractivity contribution is 7.89. The number of hydrogen-bond acceptors (Lipinski definition) is 4. The molecular weight excluding hydrogens is 338 g/mol. The van der Waals surface area contributed by atoms with Gasteiger partial charge in [-0.15, -0.1) is 0 Å². The Labute approximate surface area is 151 Å². The van der Waals surface area contributed by atoms with Crippen LogP contribution in [-0.4, -0.2) is 49.9 Å². The van der Waals surface area contributed by atoms with Gasteiger partial charge in [-0.3, -0.25) is 0 Å². The van der Waals surface area contributed by atoms with E-state index in [0.717, 1.165) is 25.7 Å².